The Morgan fingerprint density at radius 3 is 2.71 bits per heavy atom. The summed E-state index contributed by atoms with van der Waals surface area (Å²) >= 11 is 0. The number of nitriles is 1. The first-order chi connectivity index (χ1) is 16.8. The molecule has 1 aromatic heterocycles. The number of amides is 1. The molecule has 0 unspecified atom stereocenters. The Morgan fingerprint density at radius 1 is 1.23 bits per heavy atom. The largest absolute Gasteiger partial charge is 0.443 e. The highest BCUT2D eigenvalue weighted by molar-refractivity contribution is 5.98. The van der Waals surface area contributed by atoms with Crippen molar-refractivity contribution in [2.24, 2.45) is 5.10 Å². The van der Waals surface area contributed by atoms with Crippen molar-refractivity contribution in [2.45, 2.75) is 39.2 Å². The monoisotopic (exact) mass is 470 g/mol. The summed E-state index contributed by atoms with van der Waals surface area (Å²) in [5, 5.41) is 13.7. The number of hydrogen-bond donors (Lipinski definition) is 2. The normalized spacial score (nSPS) is 13.3. The number of nitrogens with one attached hydrogen (secondary N) is 2. The highest BCUT2D eigenvalue weighted by Gasteiger charge is 2.28. The van der Waals surface area contributed by atoms with Crippen LogP contribution in [0.3, 0.4) is 0 Å². The van der Waals surface area contributed by atoms with Crippen LogP contribution in [-0.4, -0.2) is 34.4 Å². The molecule has 0 spiro atoms. The minimum absolute atomic E-state index is 0.0733. The van der Waals surface area contributed by atoms with Gasteiger partial charge in [-0.3, -0.25) is 14.7 Å². The Kier molecular flexibility index (Phi) is 6.64. The van der Waals surface area contributed by atoms with E-state index < -0.39 is 17.3 Å². The van der Waals surface area contributed by atoms with E-state index in [1.807, 2.05) is 51.1 Å². The molecule has 1 aliphatic heterocycles. The minimum Gasteiger partial charge on any atom is -0.443 e. The first-order valence-electron chi connectivity index (χ1n) is 11.3. The van der Waals surface area contributed by atoms with Gasteiger partial charge in [0.1, 0.15) is 17.2 Å². The lowest BCUT2D eigenvalue weighted by Gasteiger charge is -2.32. The minimum atomic E-state index is -0.608. The summed E-state index contributed by atoms with van der Waals surface area (Å²) in [5.41, 5.74) is 4.92. The fourth-order valence-electron chi connectivity index (χ4n) is 3.88. The van der Waals surface area contributed by atoms with Crippen LogP contribution in [0, 0.1) is 11.3 Å². The third-order valence-electron chi connectivity index (χ3n) is 5.31. The van der Waals surface area contributed by atoms with E-state index in [1.165, 1.54) is 0 Å². The van der Waals surface area contributed by atoms with Crippen LogP contribution in [0.4, 0.5) is 16.4 Å². The van der Waals surface area contributed by atoms with E-state index in [2.05, 4.69) is 20.5 Å². The second-order valence-electron chi connectivity index (χ2n) is 9.08. The van der Waals surface area contributed by atoms with Crippen molar-refractivity contribution < 1.29 is 9.53 Å². The molecule has 2 heterocycles. The van der Waals surface area contributed by atoms with Gasteiger partial charge in [-0.2, -0.15) is 10.4 Å². The molecule has 2 aromatic carbocycles. The van der Waals surface area contributed by atoms with Gasteiger partial charge in [0.2, 0.25) is 5.95 Å². The number of rotatable bonds is 4. The standard InChI is InChI=1S/C26H26N6O3/c1-26(2,3)35-25(34)32-14-8-13-18-11-7-12-19(22(18)32)16-28-31-24-29-21(17-9-5-4-6-10-17)20(15-27)23(33)30-24/h4-7,9-12,16H,8,13-14H2,1-3H3,(H2,29,30,31,33). The molecule has 1 amide bonds. The lowest BCUT2D eigenvalue weighted by molar-refractivity contribution is 0.0577. The van der Waals surface area contributed by atoms with Crippen molar-refractivity contribution in [3.8, 4) is 17.3 Å². The molecule has 35 heavy (non-hydrogen) atoms. The number of carbonyl (C=O) groups excluding carboxylic acids is 1. The number of aromatic amines is 1. The second kappa shape index (κ2) is 9.81. The zero-order valence-electron chi connectivity index (χ0n) is 19.8. The number of fused-ring (bicyclic) bond motifs is 1. The SMILES string of the molecule is CC(C)(C)OC(=O)N1CCCc2cccc(C=NNc3nc(-c4ccccc4)c(C#N)c(=O)[nH]3)c21. The number of carbonyl (C=O) groups is 1. The number of hydrazone groups is 1. The molecule has 0 fully saturated rings. The van der Waals surface area contributed by atoms with E-state index in [0.717, 1.165) is 29.7 Å². The number of nitrogens with zero attached hydrogens (tertiary/aromatic N) is 4. The molecule has 0 saturated heterocycles. The zero-order chi connectivity index (χ0) is 25.0. The molecule has 4 rings (SSSR count). The average molecular weight is 471 g/mol. The van der Waals surface area contributed by atoms with Gasteiger partial charge in [-0.15, -0.1) is 0 Å². The van der Waals surface area contributed by atoms with E-state index in [4.69, 9.17) is 4.74 Å². The van der Waals surface area contributed by atoms with Crippen molar-refractivity contribution in [1.29, 1.82) is 5.26 Å². The van der Waals surface area contributed by atoms with Gasteiger partial charge in [-0.1, -0.05) is 48.5 Å². The molecule has 0 atom stereocenters. The lowest BCUT2D eigenvalue weighted by Crippen LogP contribution is -2.40. The molecular weight excluding hydrogens is 444 g/mol. The van der Waals surface area contributed by atoms with Crippen LogP contribution in [0.5, 0.6) is 0 Å². The molecule has 9 nitrogen and oxygen atoms in total. The first-order valence-corrected chi connectivity index (χ1v) is 11.3. The van der Waals surface area contributed by atoms with E-state index in [9.17, 15) is 14.9 Å². The van der Waals surface area contributed by atoms with Gasteiger partial charge in [0.05, 0.1) is 17.6 Å². The number of aromatic nitrogens is 2. The Labute approximate surface area is 203 Å². The lowest BCUT2D eigenvalue weighted by atomic mass is 9.98. The number of benzene rings is 2. The average Bonchev–Trinajstić information content (AvgIpc) is 2.83. The molecule has 9 heteroatoms. The van der Waals surface area contributed by atoms with Gasteiger partial charge in [0.25, 0.3) is 5.56 Å². The molecule has 0 saturated carbocycles. The number of hydrogen-bond acceptors (Lipinski definition) is 7. The van der Waals surface area contributed by atoms with Gasteiger partial charge in [0, 0.05) is 17.7 Å². The van der Waals surface area contributed by atoms with Crippen LogP contribution in [0.2, 0.25) is 0 Å². The van der Waals surface area contributed by atoms with Crippen molar-refractivity contribution in [3.63, 3.8) is 0 Å². The molecule has 0 radical (unpaired) electrons. The quantitative estimate of drug-likeness (QED) is 0.429. The number of H-pyrrole nitrogens is 1. The van der Waals surface area contributed by atoms with Crippen LogP contribution in [-0.2, 0) is 11.2 Å². The topological polar surface area (TPSA) is 123 Å². The van der Waals surface area contributed by atoms with Gasteiger partial charge in [-0.05, 0) is 39.2 Å². The number of para-hydroxylation sites is 1. The van der Waals surface area contributed by atoms with Crippen molar-refractivity contribution in [1.82, 2.24) is 9.97 Å². The Bertz CT molecular complexity index is 1370. The van der Waals surface area contributed by atoms with Crippen molar-refractivity contribution >= 4 is 23.9 Å². The predicted octanol–water partition coefficient (Wildman–Crippen LogP) is 4.44. The summed E-state index contributed by atoms with van der Waals surface area (Å²) in [7, 11) is 0. The summed E-state index contributed by atoms with van der Waals surface area (Å²) in [6.45, 7) is 6.05. The van der Waals surface area contributed by atoms with E-state index >= 15 is 0 Å². The summed E-state index contributed by atoms with van der Waals surface area (Å²) < 4.78 is 5.60. The molecule has 1 aliphatic rings. The van der Waals surface area contributed by atoms with Gasteiger partial charge < -0.3 is 4.74 Å². The molecule has 3 aromatic rings. The van der Waals surface area contributed by atoms with Crippen molar-refractivity contribution in [2.75, 3.05) is 16.9 Å². The van der Waals surface area contributed by atoms with E-state index in [1.54, 1.807) is 35.4 Å². The summed E-state index contributed by atoms with van der Waals surface area (Å²) in [6.07, 6.45) is 2.85. The zero-order valence-corrected chi connectivity index (χ0v) is 19.8. The first kappa shape index (κ1) is 23.7. The number of aryl methyl sites for hydroxylation is 1. The maximum Gasteiger partial charge on any atom is 0.414 e. The molecule has 0 aliphatic carbocycles. The Morgan fingerprint density at radius 2 is 2.00 bits per heavy atom. The van der Waals surface area contributed by atoms with E-state index in [0.29, 0.717) is 12.1 Å². The highest BCUT2D eigenvalue weighted by Crippen LogP contribution is 2.31. The van der Waals surface area contributed by atoms with Gasteiger partial charge >= 0.3 is 6.09 Å². The van der Waals surface area contributed by atoms with Gasteiger partial charge in [-0.25, -0.2) is 15.2 Å². The Hall–Kier alpha value is -4.45. The molecule has 0 bridgehead atoms. The molecule has 2 N–H and O–H groups in total. The maximum atomic E-state index is 12.9. The summed E-state index contributed by atoms with van der Waals surface area (Å²) in [4.78, 5) is 33.9. The third kappa shape index (κ3) is 5.38. The van der Waals surface area contributed by atoms with Crippen LogP contribution in [0.1, 0.15) is 43.9 Å². The number of anilines is 2. The maximum absolute atomic E-state index is 12.9. The van der Waals surface area contributed by atoms with Crippen LogP contribution < -0.4 is 15.9 Å². The smallest absolute Gasteiger partial charge is 0.414 e. The van der Waals surface area contributed by atoms with Crippen LogP contribution in [0.25, 0.3) is 11.3 Å². The predicted molar refractivity (Wildman–Crippen MR) is 135 cm³/mol. The fraction of sp³-hybridized carbons (Fsp3) is 0.269. The van der Waals surface area contributed by atoms with Gasteiger partial charge in [0.15, 0.2) is 0 Å². The highest BCUT2D eigenvalue weighted by atomic mass is 16.6. The van der Waals surface area contributed by atoms with Crippen LogP contribution >= 0.6 is 0 Å². The molecule has 178 valence electrons. The van der Waals surface area contributed by atoms with Crippen LogP contribution in [0.15, 0.2) is 58.4 Å². The fourth-order valence-corrected chi connectivity index (χ4v) is 3.88. The van der Waals surface area contributed by atoms with E-state index in [-0.39, 0.29) is 17.2 Å². The Balaban J connectivity index is 1.63. The summed E-state index contributed by atoms with van der Waals surface area (Å²) in [5.74, 6) is 0.0953. The third-order valence-corrected chi connectivity index (χ3v) is 5.31. The molecular formula is C26H26N6O3. The number of ether oxygens (including phenoxy) is 1. The van der Waals surface area contributed by atoms with Crippen molar-refractivity contribution in [3.05, 3.63) is 75.6 Å². The summed E-state index contributed by atoms with van der Waals surface area (Å²) in [6, 6.07) is 16.7. The second-order valence-corrected chi connectivity index (χ2v) is 9.08.